The number of aryl methyl sites for hydroxylation is 2. The summed E-state index contributed by atoms with van der Waals surface area (Å²) in [7, 11) is 0. The summed E-state index contributed by atoms with van der Waals surface area (Å²) < 4.78 is 11.8. The number of ether oxygens (including phenoxy) is 1. The van der Waals surface area contributed by atoms with Crippen molar-refractivity contribution < 1.29 is 9.15 Å². The molecule has 0 aliphatic heterocycles. The highest BCUT2D eigenvalue weighted by atomic mass is 16.5. The summed E-state index contributed by atoms with van der Waals surface area (Å²) in [6, 6.07) is 22.0. The summed E-state index contributed by atoms with van der Waals surface area (Å²) in [4.78, 5) is 12.7. The van der Waals surface area contributed by atoms with Crippen LogP contribution >= 0.6 is 0 Å². The van der Waals surface area contributed by atoms with Crippen molar-refractivity contribution in [2.24, 2.45) is 0 Å². The van der Waals surface area contributed by atoms with Gasteiger partial charge < -0.3 is 9.15 Å². The molecule has 0 N–H and O–H groups in total. The molecule has 4 rings (SSSR count). The van der Waals surface area contributed by atoms with Crippen LogP contribution in [-0.4, -0.2) is 0 Å². The van der Waals surface area contributed by atoms with E-state index in [-0.39, 0.29) is 5.63 Å². The molecular formula is C27H24O3. The van der Waals surface area contributed by atoms with Gasteiger partial charge in [-0.15, -0.1) is 0 Å². The zero-order chi connectivity index (χ0) is 21.1. The highest BCUT2D eigenvalue weighted by molar-refractivity contribution is 5.85. The van der Waals surface area contributed by atoms with Gasteiger partial charge in [-0.2, -0.15) is 0 Å². The van der Waals surface area contributed by atoms with Crippen molar-refractivity contribution in [3.05, 3.63) is 117 Å². The van der Waals surface area contributed by atoms with Crippen LogP contribution in [0.2, 0.25) is 0 Å². The fourth-order valence-corrected chi connectivity index (χ4v) is 3.64. The third kappa shape index (κ3) is 3.92. The van der Waals surface area contributed by atoms with E-state index in [4.69, 9.17) is 9.15 Å². The van der Waals surface area contributed by atoms with Crippen molar-refractivity contribution in [1.82, 2.24) is 0 Å². The van der Waals surface area contributed by atoms with E-state index in [1.807, 2.05) is 86.7 Å². The quantitative estimate of drug-likeness (QED) is 0.363. The van der Waals surface area contributed by atoms with E-state index in [2.05, 4.69) is 6.58 Å². The highest BCUT2D eigenvalue weighted by Crippen LogP contribution is 2.30. The Bertz CT molecular complexity index is 1250. The molecule has 3 heteroatoms. The molecule has 1 aromatic heterocycles. The minimum absolute atomic E-state index is 0.288. The second-order valence-corrected chi connectivity index (χ2v) is 7.46. The van der Waals surface area contributed by atoms with Crippen molar-refractivity contribution in [1.29, 1.82) is 0 Å². The Morgan fingerprint density at radius 1 is 0.900 bits per heavy atom. The zero-order valence-corrected chi connectivity index (χ0v) is 17.3. The minimum atomic E-state index is -0.288. The first-order chi connectivity index (χ1) is 14.6. The Morgan fingerprint density at radius 3 is 2.33 bits per heavy atom. The van der Waals surface area contributed by atoms with Crippen molar-refractivity contribution in [2.75, 3.05) is 0 Å². The van der Waals surface area contributed by atoms with Crippen LogP contribution < -0.4 is 10.4 Å². The van der Waals surface area contributed by atoms with Crippen LogP contribution in [0.4, 0.5) is 0 Å². The monoisotopic (exact) mass is 396 g/mol. The fourth-order valence-electron chi connectivity index (χ4n) is 3.64. The third-order valence-corrected chi connectivity index (χ3v) is 5.49. The summed E-state index contributed by atoms with van der Waals surface area (Å²) in [5.74, 6) is 0.716. The molecule has 30 heavy (non-hydrogen) atoms. The predicted molar refractivity (Wildman–Crippen MR) is 122 cm³/mol. The average Bonchev–Trinajstić information content (AvgIpc) is 2.78. The Labute approximate surface area is 176 Å². The molecule has 0 saturated heterocycles. The standard InChI is InChI=1S/C27H24O3/c1-4-20-10-12-22(13-11-20)17-29-25-15-14-23-18(2)24(16-21-8-6-5-7-9-21)27(28)30-26(23)19(25)3/h4-15H,1,16-17H2,2-3H3. The zero-order valence-electron chi connectivity index (χ0n) is 17.3. The van der Waals surface area contributed by atoms with Crippen molar-refractivity contribution in [2.45, 2.75) is 26.9 Å². The Kier molecular flexibility index (Phi) is 5.53. The largest absolute Gasteiger partial charge is 0.488 e. The second kappa shape index (κ2) is 8.42. The van der Waals surface area contributed by atoms with Gasteiger partial charge in [-0.05, 0) is 48.2 Å². The molecule has 0 spiro atoms. The van der Waals surface area contributed by atoms with Crippen LogP contribution in [0.5, 0.6) is 5.75 Å². The molecule has 0 fully saturated rings. The SMILES string of the molecule is C=Cc1ccc(COc2ccc3c(C)c(Cc4ccccc4)c(=O)oc3c2C)cc1. The van der Waals surface area contributed by atoms with E-state index in [0.29, 0.717) is 29.9 Å². The van der Waals surface area contributed by atoms with Crippen LogP contribution in [0, 0.1) is 13.8 Å². The van der Waals surface area contributed by atoms with Gasteiger partial charge in [0.25, 0.3) is 0 Å². The molecule has 0 amide bonds. The van der Waals surface area contributed by atoms with Crippen LogP contribution in [0.3, 0.4) is 0 Å². The molecule has 0 atom stereocenters. The molecule has 0 radical (unpaired) electrons. The molecule has 0 unspecified atom stereocenters. The number of fused-ring (bicyclic) bond motifs is 1. The van der Waals surface area contributed by atoms with Gasteiger partial charge in [-0.1, -0.05) is 67.3 Å². The van der Waals surface area contributed by atoms with Crippen LogP contribution in [0.25, 0.3) is 17.0 Å². The maximum absolute atomic E-state index is 12.7. The Hall–Kier alpha value is -3.59. The molecule has 3 aromatic carbocycles. The molecule has 4 aromatic rings. The maximum atomic E-state index is 12.7. The van der Waals surface area contributed by atoms with E-state index in [0.717, 1.165) is 33.2 Å². The molecule has 0 bridgehead atoms. The Morgan fingerprint density at radius 2 is 1.63 bits per heavy atom. The fraction of sp³-hybridized carbons (Fsp3) is 0.148. The van der Waals surface area contributed by atoms with Gasteiger partial charge in [-0.25, -0.2) is 4.79 Å². The van der Waals surface area contributed by atoms with Gasteiger partial charge in [0.05, 0.1) is 0 Å². The first-order valence-electron chi connectivity index (χ1n) is 10.0. The molecule has 0 aliphatic rings. The van der Waals surface area contributed by atoms with Gasteiger partial charge in [0.15, 0.2) is 0 Å². The third-order valence-electron chi connectivity index (χ3n) is 5.49. The number of hydrogen-bond donors (Lipinski definition) is 0. The molecule has 0 saturated carbocycles. The lowest BCUT2D eigenvalue weighted by Crippen LogP contribution is -2.11. The number of rotatable bonds is 6. The van der Waals surface area contributed by atoms with Gasteiger partial charge in [-0.3, -0.25) is 0 Å². The number of hydrogen-bond acceptors (Lipinski definition) is 3. The lowest BCUT2D eigenvalue weighted by Gasteiger charge is -2.13. The topological polar surface area (TPSA) is 39.4 Å². The predicted octanol–water partition coefficient (Wildman–Crippen LogP) is 6.22. The summed E-state index contributed by atoms with van der Waals surface area (Å²) in [6.07, 6.45) is 2.37. The van der Waals surface area contributed by atoms with Gasteiger partial charge >= 0.3 is 5.63 Å². The normalized spacial score (nSPS) is 10.9. The van der Waals surface area contributed by atoms with Crippen LogP contribution in [0.1, 0.15) is 33.4 Å². The van der Waals surface area contributed by atoms with E-state index >= 15 is 0 Å². The smallest absolute Gasteiger partial charge is 0.340 e. The van der Waals surface area contributed by atoms with Crippen molar-refractivity contribution in [3.8, 4) is 5.75 Å². The van der Waals surface area contributed by atoms with Gasteiger partial charge in [0.1, 0.15) is 17.9 Å². The average molecular weight is 396 g/mol. The first kappa shape index (κ1) is 19.7. The Balaban J connectivity index is 1.64. The maximum Gasteiger partial charge on any atom is 0.340 e. The highest BCUT2D eigenvalue weighted by Gasteiger charge is 2.15. The summed E-state index contributed by atoms with van der Waals surface area (Å²) >= 11 is 0. The van der Waals surface area contributed by atoms with Gasteiger partial charge in [0, 0.05) is 22.9 Å². The van der Waals surface area contributed by atoms with E-state index in [1.165, 1.54) is 0 Å². The molecule has 0 aliphatic carbocycles. The van der Waals surface area contributed by atoms with E-state index < -0.39 is 0 Å². The van der Waals surface area contributed by atoms with Crippen molar-refractivity contribution in [3.63, 3.8) is 0 Å². The number of benzene rings is 3. The van der Waals surface area contributed by atoms with Gasteiger partial charge in [0.2, 0.25) is 0 Å². The van der Waals surface area contributed by atoms with Crippen LogP contribution in [0.15, 0.2) is 82.5 Å². The molecule has 3 nitrogen and oxygen atoms in total. The summed E-state index contributed by atoms with van der Waals surface area (Å²) in [6.45, 7) is 8.13. The minimum Gasteiger partial charge on any atom is -0.488 e. The van der Waals surface area contributed by atoms with E-state index in [1.54, 1.807) is 0 Å². The van der Waals surface area contributed by atoms with Crippen LogP contribution in [-0.2, 0) is 13.0 Å². The summed E-state index contributed by atoms with van der Waals surface area (Å²) in [5.41, 5.74) is 6.02. The second-order valence-electron chi connectivity index (χ2n) is 7.46. The first-order valence-corrected chi connectivity index (χ1v) is 10.0. The molecule has 1 heterocycles. The van der Waals surface area contributed by atoms with E-state index in [9.17, 15) is 4.79 Å². The lowest BCUT2D eigenvalue weighted by molar-refractivity contribution is 0.304. The summed E-state index contributed by atoms with van der Waals surface area (Å²) in [5, 5.41) is 0.945. The lowest BCUT2D eigenvalue weighted by atomic mass is 9.98. The molecule has 150 valence electrons. The molecular weight excluding hydrogens is 372 g/mol. The van der Waals surface area contributed by atoms with Crippen molar-refractivity contribution >= 4 is 17.0 Å².